The van der Waals surface area contributed by atoms with E-state index >= 15 is 0 Å². The fraction of sp³-hybridized carbons (Fsp3) is 0.200. The normalized spacial score (nSPS) is 15.1. The highest BCUT2D eigenvalue weighted by Crippen LogP contribution is 2.31. The Morgan fingerprint density at radius 1 is 1.00 bits per heavy atom. The van der Waals surface area contributed by atoms with Crippen molar-refractivity contribution in [2.75, 3.05) is 11.5 Å². The molecule has 98 valence electrons. The summed E-state index contributed by atoms with van der Waals surface area (Å²) in [6, 6.07) is 3.53. The lowest BCUT2D eigenvalue weighted by molar-refractivity contribution is -0.110. The molecule has 0 aromatic heterocycles. The van der Waals surface area contributed by atoms with E-state index in [4.69, 9.17) is 11.5 Å². The van der Waals surface area contributed by atoms with Gasteiger partial charge in [-0.3, -0.25) is 4.79 Å². The minimum absolute atomic E-state index is 0.00375. The average molecular weight is 255 g/mol. The third-order valence-electron chi connectivity index (χ3n) is 3.04. The van der Waals surface area contributed by atoms with Crippen molar-refractivity contribution in [3.63, 3.8) is 0 Å². The first kappa shape index (κ1) is 13.1. The van der Waals surface area contributed by atoms with Gasteiger partial charge in [-0.15, -0.1) is 0 Å². The van der Waals surface area contributed by atoms with Crippen LogP contribution in [0.2, 0.25) is 0 Å². The zero-order chi connectivity index (χ0) is 14.2. The quantitative estimate of drug-likeness (QED) is 0.598. The van der Waals surface area contributed by atoms with Gasteiger partial charge in [0.25, 0.3) is 0 Å². The van der Waals surface area contributed by atoms with Crippen LogP contribution in [-0.2, 0) is 4.79 Å². The fourth-order valence-corrected chi connectivity index (χ4v) is 2.19. The number of nitrogens with two attached hydrogens (primary N) is 2. The van der Waals surface area contributed by atoms with E-state index in [1.54, 1.807) is 18.2 Å². The zero-order valence-electron chi connectivity index (χ0n) is 11.3. The average Bonchev–Trinajstić information content (AvgIpc) is 2.25. The summed E-state index contributed by atoms with van der Waals surface area (Å²) in [6.07, 6.45) is 3.16. The van der Waals surface area contributed by atoms with Crippen LogP contribution in [0.5, 0.6) is 0 Å². The second-order valence-electron chi connectivity index (χ2n) is 4.79. The molecule has 19 heavy (non-hydrogen) atoms. The molecule has 2 rings (SSSR count). The van der Waals surface area contributed by atoms with E-state index in [2.05, 4.69) is 4.99 Å². The molecule has 0 spiro atoms. The molecule has 0 amide bonds. The van der Waals surface area contributed by atoms with Crippen LogP contribution in [0.3, 0.4) is 0 Å². The van der Waals surface area contributed by atoms with E-state index in [0.29, 0.717) is 17.1 Å². The number of nitrogens with zero attached hydrogens (tertiary/aromatic N) is 1. The molecule has 0 heterocycles. The topological polar surface area (TPSA) is 81.5 Å². The highest BCUT2D eigenvalue weighted by Gasteiger charge is 2.14. The Kier molecular flexibility index (Phi) is 3.25. The number of anilines is 2. The third-order valence-corrected chi connectivity index (χ3v) is 3.04. The number of aryl methyl sites for hydroxylation is 1. The minimum atomic E-state index is -0.00375. The SMILES string of the molecule is CC1=CC(=O)C=C(C)C1=Nc1c(C)cc(N)cc1N. The molecule has 1 aliphatic carbocycles. The van der Waals surface area contributed by atoms with Crippen molar-refractivity contribution in [1.82, 2.24) is 0 Å². The van der Waals surface area contributed by atoms with E-state index in [1.165, 1.54) is 0 Å². The van der Waals surface area contributed by atoms with Crippen LogP contribution >= 0.6 is 0 Å². The number of carbonyl (C=O) groups excluding carboxylic acids is 1. The number of hydrogen-bond donors (Lipinski definition) is 2. The van der Waals surface area contributed by atoms with E-state index in [0.717, 1.165) is 22.4 Å². The first-order valence-electron chi connectivity index (χ1n) is 6.04. The zero-order valence-corrected chi connectivity index (χ0v) is 11.3. The molecule has 4 nitrogen and oxygen atoms in total. The van der Waals surface area contributed by atoms with Gasteiger partial charge in [0.1, 0.15) is 0 Å². The lowest BCUT2D eigenvalue weighted by Gasteiger charge is -2.14. The van der Waals surface area contributed by atoms with Crippen LogP contribution < -0.4 is 11.5 Å². The molecular formula is C15H17N3O. The number of allylic oxidation sites excluding steroid dienone is 4. The maximum Gasteiger partial charge on any atom is 0.179 e. The van der Waals surface area contributed by atoms with Crippen molar-refractivity contribution >= 4 is 28.6 Å². The Balaban J connectivity index is 2.56. The summed E-state index contributed by atoms with van der Waals surface area (Å²) in [5, 5.41) is 0. The van der Waals surface area contributed by atoms with Crippen LogP contribution in [-0.4, -0.2) is 11.5 Å². The Hall–Kier alpha value is -2.36. The molecule has 0 bridgehead atoms. The molecule has 0 fully saturated rings. The Labute approximate surface area is 112 Å². The standard InChI is InChI=1S/C15H17N3O/c1-8-4-11(16)7-13(17)15(8)18-14-9(2)5-12(19)6-10(14)3/h4-7H,16-17H2,1-3H3. The van der Waals surface area contributed by atoms with Crippen LogP contribution in [0.15, 0.2) is 40.4 Å². The van der Waals surface area contributed by atoms with Gasteiger partial charge in [-0.1, -0.05) is 0 Å². The monoisotopic (exact) mass is 255 g/mol. The van der Waals surface area contributed by atoms with Crippen molar-refractivity contribution < 1.29 is 4.79 Å². The molecule has 0 unspecified atom stereocenters. The van der Waals surface area contributed by atoms with Crippen LogP contribution in [0.4, 0.5) is 17.1 Å². The molecule has 4 N–H and O–H groups in total. The summed E-state index contributed by atoms with van der Waals surface area (Å²) in [5.74, 6) is -0.00375. The lowest BCUT2D eigenvalue weighted by atomic mass is 9.97. The Bertz CT molecular complexity index is 604. The highest BCUT2D eigenvalue weighted by molar-refractivity contribution is 6.22. The van der Waals surface area contributed by atoms with Gasteiger partial charge in [-0.25, -0.2) is 4.99 Å². The van der Waals surface area contributed by atoms with E-state index in [-0.39, 0.29) is 5.78 Å². The number of aliphatic imine (C=N–C) groups is 1. The predicted octanol–water partition coefficient (Wildman–Crippen LogP) is 2.71. The molecule has 1 aromatic rings. The summed E-state index contributed by atoms with van der Waals surface area (Å²) in [6.45, 7) is 5.66. The maximum absolute atomic E-state index is 11.4. The number of carbonyl (C=O) groups is 1. The molecule has 0 saturated heterocycles. The van der Waals surface area contributed by atoms with Crippen molar-refractivity contribution in [3.05, 3.63) is 41.0 Å². The van der Waals surface area contributed by atoms with Crippen molar-refractivity contribution in [1.29, 1.82) is 0 Å². The van der Waals surface area contributed by atoms with Crippen molar-refractivity contribution in [3.8, 4) is 0 Å². The second kappa shape index (κ2) is 4.72. The number of ketones is 1. The van der Waals surface area contributed by atoms with Crippen molar-refractivity contribution in [2.24, 2.45) is 4.99 Å². The Morgan fingerprint density at radius 3 is 2.11 bits per heavy atom. The lowest BCUT2D eigenvalue weighted by Crippen LogP contribution is -2.11. The first-order valence-corrected chi connectivity index (χ1v) is 6.04. The molecular weight excluding hydrogens is 238 g/mol. The smallest absolute Gasteiger partial charge is 0.179 e. The maximum atomic E-state index is 11.4. The summed E-state index contributed by atoms with van der Waals surface area (Å²) >= 11 is 0. The van der Waals surface area contributed by atoms with Crippen LogP contribution in [0, 0.1) is 6.92 Å². The molecule has 4 heteroatoms. The predicted molar refractivity (Wildman–Crippen MR) is 79.6 cm³/mol. The van der Waals surface area contributed by atoms with Gasteiger partial charge in [0.15, 0.2) is 5.78 Å². The van der Waals surface area contributed by atoms with Gasteiger partial charge in [0.2, 0.25) is 0 Å². The molecule has 0 saturated carbocycles. The largest absolute Gasteiger partial charge is 0.399 e. The van der Waals surface area contributed by atoms with Gasteiger partial charge in [-0.05, 0) is 61.8 Å². The summed E-state index contributed by atoms with van der Waals surface area (Å²) in [7, 11) is 0. The summed E-state index contributed by atoms with van der Waals surface area (Å²) in [5.41, 5.74) is 17.0. The molecule has 0 atom stereocenters. The van der Waals surface area contributed by atoms with Gasteiger partial charge in [-0.2, -0.15) is 0 Å². The van der Waals surface area contributed by atoms with Gasteiger partial charge in [0, 0.05) is 5.69 Å². The number of nitrogen functional groups attached to an aromatic ring is 2. The number of hydrogen-bond acceptors (Lipinski definition) is 4. The molecule has 1 aliphatic rings. The van der Waals surface area contributed by atoms with Crippen molar-refractivity contribution in [2.45, 2.75) is 20.8 Å². The fourth-order valence-electron chi connectivity index (χ4n) is 2.19. The van der Waals surface area contributed by atoms with Crippen LogP contribution in [0.1, 0.15) is 19.4 Å². The van der Waals surface area contributed by atoms with Crippen LogP contribution in [0.25, 0.3) is 0 Å². The molecule has 1 aromatic carbocycles. The van der Waals surface area contributed by atoms with Gasteiger partial charge in [0.05, 0.1) is 17.1 Å². The van der Waals surface area contributed by atoms with Gasteiger partial charge >= 0.3 is 0 Å². The molecule has 0 radical (unpaired) electrons. The van der Waals surface area contributed by atoms with E-state index < -0.39 is 0 Å². The second-order valence-corrected chi connectivity index (χ2v) is 4.79. The molecule has 0 aliphatic heterocycles. The summed E-state index contributed by atoms with van der Waals surface area (Å²) in [4.78, 5) is 16.0. The number of rotatable bonds is 1. The van der Waals surface area contributed by atoms with E-state index in [9.17, 15) is 4.79 Å². The first-order chi connectivity index (χ1) is 8.88. The Morgan fingerprint density at radius 2 is 1.58 bits per heavy atom. The number of benzene rings is 1. The van der Waals surface area contributed by atoms with E-state index in [1.807, 2.05) is 26.8 Å². The van der Waals surface area contributed by atoms with Gasteiger partial charge < -0.3 is 11.5 Å². The summed E-state index contributed by atoms with van der Waals surface area (Å²) < 4.78 is 0. The third kappa shape index (κ3) is 2.57. The minimum Gasteiger partial charge on any atom is -0.399 e. The highest BCUT2D eigenvalue weighted by atomic mass is 16.1.